The van der Waals surface area contributed by atoms with Crippen molar-refractivity contribution in [2.75, 3.05) is 19.8 Å². The van der Waals surface area contributed by atoms with Crippen LogP contribution < -0.4 is 5.73 Å². The van der Waals surface area contributed by atoms with Gasteiger partial charge in [0, 0.05) is 12.5 Å². The Balaban J connectivity index is 1.90. The third-order valence-corrected chi connectivity index (χ3v) is 2.68. The Bertz CT molecular complexity index is 336. The summed E-state index contributed by atoms with van der Waals surface area (Å²) >= 11 is 0. The van der Waals surface area contributed by atoms with Crippen molar-refractivity contribution in [3.05, 3.63) is 11.7 Å². The Hall–Kier alpha value is -0.980. The van der Waals surface area contributed by atoms with Crippen LogP contribution in [0.25, 0.3) is 0 Å². The molecule has 1 aliphatic rings. The van der Waals surface area contributed by atoms with Crippen molar-refractivity contribution in [2.24, 2.45) is 5.73 Å². The molecular weight excluding hydrogens is 222 g/mol. The molecule has 1 saturated heterocycles. The van der Waals surface area contributed by atoms with Crippen LogP contribution in [0.15, 0.2) is 4.52 Å². The highest BCUT2D eigenvalue weighted by molar-refractivity contribution is 4.93. The van der Waals surface area contributed by atoms with Crippen molar-refractivity contribution in [2.45, 2.75) is 38.3 Å². The molecule has 96 valence electrons. The third-order valence-electron chi connectivity index (χ3n) is 2.68. The molecule has 17 heavy (non-hydrogen) atoms. The summed E-state index contributed by atoms with van der Waals surface area (Å²) in [5, 5.41) is 3.91. The van der Waals surface area contributed by atoms with E-state index in [4.69, 9.17) is 19.7 Å². The molecule has 0 aliphatic carbocycles. The van der Waals surface area contributed by atoms with E-state index in [2.05, 4.69) is 17.1 Å². The van der Waals surface area contributed by atoms with Crippen molar-refractivity contribution in [3.63, 3.8) is 0 Å². The predicted molar refractivity (Wildman–Crippen MR) is 60.4 cm³/mol. The second-order valence-electron chi connectivity index (χ2n) is 4.23. The zero-order valence-electron chi connectivity index (χ0n) is 10.1. The van der Waals surface area contributed by atoms with Gasteiger partial charge in [-0.1, -0.05) is 18.5 Å². The third kappa shape index (κ3) is 3.49. The second kappa shape index (κ2) is 6.09. The summed E-state index contributed by atoms with van der Waals surface area (Å²) in [5.41, 5.74) is 5.92. The summed E-state index contributed by atoms with van der Waals surface area (Å²) in [6.07, 6.45) is 2.43. The fourth-order valence-electron chi connectivity index (χ4n) is 1.82. The molecule has 0 spiro atoms. The zero-order valence-corrected chi connectivity index (χ0v) is 10.1. The Morgan fingerprint density at radius 3 is 3.06 bits per heavy atom. The van der Waals surface area contributed by atoms with Crippen LogP contribution in [0.1, 0.15) is 37.6 Å². The number of ether oxygens (including phenoxy) is 2. The monoisotopic (exact) mass is 241 g/mol. The van der Waals surface area contributed by atoms with E-state index >= 15 is 0 Å². The van der Waals surface area contributed by atoms with E-state index in [1.165, 1.54) is 0 Å². The van der Waals surface area contributed by atoms with Crippen LogP contribution in [-0.2, 0) is 15.9 Å². The maximum absolute atomic E-state index is 5.92. The Kier molecular flexibility index (Phi) is 4.47. The highest BCUT2D eigenvalue weighted by Gasteiger charge is 2.22. The van der Waals surface area contributed by atoms with Gasteiger partial charge in [-0.15, -0.1) is 0 Å². The van der Waals surface area contributed by atoms with Crippen molar-refractivity contribution in [3.8, 4) is 0 Å². The Morgan fingerprint density at radius 1 is 1.47 bits per heavy atom. The summed E-state index contributed by atoms with van der Waals surface area (Å²) < 4.78 is 15.9. The number of hydrogen-bond acceptors (Lipinski definition) is 6. The lowest BCUT2D eigenvalue weighted by molar-refractivity contribution is -0.0941. The van der Waals surface area contributed by atoms with Crippen molar-refractivity contribution in [1.82, 2.24) is 10.1 Å². The second-order valence-corrected chi connectivity index (χ2v) is 4.23. The van der Waals surface area contributed by atoms with Gasteiger partial charge in [0.05, 0.1) is 19.8 Å². The minimum Gasteiger partial charge on any atom is -0.376 e. The van der Waals surface area contributed by atoms with Gasteiger partial charge in [0.25, 0.3) is 0 Å². The summed E-state index contributed by atoms with van der Waals surface area (Å²) in [6, 6.07) is 0.0804. The maximum atomic E-state index is 5.92. The van der Waals surface area contributed by atoms with Crippen molar-refractivity contribution in [1.29, 1.82) is 0 Å². The van der Waals surface area contributed by atoms with Gasteiger partial charge in [-0.25, -0.2) is 0 Å². The molecule has 0 aromatic carbocycles. The van der Waals surface area contributed by atoms with E-state index in [0.717, 1.165) is 12.8 Å². The Morgan fingerprint density at radius 2 is 2.35 bits per heavy atom. The lowest BCUT2D eigenvalue weighted by Gasteiger charge is -2.19. The molecule has 0 radical (unpaired) electrons. The van der Waals surface area contributed by atoms with Crippen LogP contribution in [-0.4, -0.2) is 36.0 Å². The van der Waals surface area contributed by atoms with Crippen LogP contribution in [0.3, 0.4) is 0 Å². The highest BCUT2D eigenvalue weighted by Crippen LogP contribution is 2.18. The maximum Gasteiger partial charge on any atom is 0.228 e. The predicted octanol–water partition coefficient (Wildman–Crippen LogP) is 0.827. The summed E-state index contributed by atoms with van der Waals surface area (Å²) in [4.78, 5) is 4.29. The standard InChI is InChI=1S/C11H19N3O3/c1-2-3-8(12)6-10-13-11(14-17-10)9-7-15-4-5-16-9/h8-9H,2-7,12H2,1H3. The first-order valence-corrected chi connectivity index (χ1v) is 6.07. The Labute approximate surface area is 100 Å². The molecule has 6 heteroatoms. The van der Waals surface area contributed by atoms with Gasteiger partial charge in [0.1, 0.15) is 6.10 Å². The van der Waals surface area contributed by atoms with E-state index in [9.17, 15) is 0 Å². The van der Waals surface area contributed by atoms with Crippen LogP contribution in [0.4, 0.5) is 0 Å². The number of aromatic nitrogens is 2. The number of nitrogens with two attached hydrogens (primary N) is 1. The minimum absolute atomic E-state index is 0.0804. The fraction of sp³-hybridized carbons (Fsp3) is 0.818. The van der Waals surface area contributed by atoms with E-state index in [1.54, 1.807) is 0 Å². The van der Waals surface area contributed by atoms with Crippen molar-refractivity contribution >= 4 is 0 Å². The largest absolute Gasteiger partial charge is 0.376 e. The van der Waals surface area contributed by atoms with Crippen LogP contribution in [0.5, 0.6) is 0 Å². The topological polar surface area (TPSA) is 83.4 Å². The summed E-state index contributed by atoms with van der Waals surface area (Å²) in [6.45, 7) is 3.79. The van der Waals surface area contributed by atoms with Gasteiger partial charge in [0.15, 0.2) is 0 Å². The highest BCUT2D eigenvalue weighted by atomic mass is 16.6. The van der Waals surface area contributed by atoms with Gasteiger partial charge in [-0.3, -0.25) is 0 Å². The molecule has 0 bridgehead atoms. The van der Waals surface area contributed by atoms with E-state index in [1.807, 2.05) is 0 Å². The van der Waals surface area contributed by atoms with Crippen LogP contribution in [0.2, 0.25) is 0 Å². The van der Waals surface area contributed by atoms with Crippen LogP contribution in [0, 0.1) is 0 Å². The minimum atomic E-state index is -0.205. The quantitative estimate of drug-likeness (QED) is 0.822. The first kappa shape index (κ1) is 12.5. The molecule has 2 atom stereocenters. The summed E-state index contributed by atoms with van der Waals surface area (Å²) in [5.74, 6) is 1.14. The van der Waals surface area contributed by atoms with Gasteiger partial charge >= 0.3 is 0 Å². The zero-order chi connectivity index (χ0) is 12.1. The molecule has 1 aromatic rings. The number of rotatable bonds is 5. The average molecular weight is 241 g/mol. The molecule has 2 rings (SSSR count). The molecule has 1 aliphatic heterocycles. The molecule has 2 N–H and O–H groups in total. The smallest absolute Gasteiger partial charge is 0.228 e. The SMILES string of the molecule is CCCC(N)Cc1nc(C2COCCO2)no1. The molecule has 0 amide bonds. The number of hydrogen-bond donors (Lipinski definition) is 1. The molecule has 1 fully saturated rings. The van der Waals surface area contributed by atoms with Gasteiger partial charge in [-0.05, 0) is 6.42 Å². The summed E-state index contributed by atoms with van der Waals surface area (Å²) in [7, 11) is 0. The van der Waals surface area contributed by atoms with Gasteiger partial charge in [0.2, 0.25) is 11.7 Å². The van der Waals surface area contributed by atoms with Gasteiger partial charge < -0.3 is 19.7 Å². The fourth-order valence-corrected chi connectivity index (χ4v) is 1.82. The normalized spacial score (nSPS) is 22.6. The van der Waals surface area contributed by atoms with E-state index in [0.29, 0.717) is 38.0 Å². The van der Waals surface area contributed by atoms with E-state index in [-0.39, 0.29) is 12.1 Å². The first-order valence-electron chi connectivity index (χ1n) is 6.07. The molecular formula is C11H19N3O3. The molecule has 6 nitrogen and oxygen atoms in total. The molecule has 0 saturated carbocycles. The molecule has 2 heterocycles. The van der Waals surface area contributed by atoms with E-state index < -0.39 is 0 Å². The average Bonchev–Trinajstić information content (AvgIpc) is 2.79. The molecule has 2 unspecified atom stereocenters. The lowest BCUT2D eigenvalue weighted by Crippen LogP contribution is -2.23. The number of nitrogens with zero attached hydrogens (tertiary/aromatic N) is 2. The van der Waals surface area contributed by atoms with Crippen molar-refractivity contribution < 1.29 is 14.0 Å². The van der Waals surface area contributed by atoms with Gasteiger partial charge in [-0.2, -0.15) is 4.98 Å². The first-order chi connectivity index (χ1) is 8.29. The molecule has 1 aromatic heterocycles. The lowest BCUT2D eigenvalue weighted by atomic mass is 10.1. The van der Waals surface area contributed by atoms with Crippen LogP contribution >= 0.6 is 0 Å².